The predicted octanol–water partition coefficient (Wildman–Crippen LogP) is 1.53. The molecule has 0 aliphatic heterocycles. The average Bonchev–Trinajstić information content (AvgIpc) is 2.21. The summed E-state index contributed by atoms with van der Waals surface area (Å²) < 4.78 is 4.60. The van der Waals surface area contributed by atoms with Crippen molar-refractivity contribution in [2.45, 2.75) is 51.5 Å². The van der Waals surface area contributed by atoms with E-state index in [0.29, 0.717) is 12.8 Å². The molecule has 1 fully saturated rings. The summed E-state index contributed by atoms with van der Waals surface area (Å²) >= 11 is 0. The number of nitrogens with zero attached hydrogens (tertiary/aromatic N) is 1. The molecule has 1 saturated carbocycles. The molecule has 100 valence electrons. The molecule has 1 aliphatic rings. The Kier molecular flexibility index (Phi) is 4.33. The second-order valence-electron chi connectivity index (χ2n) is 5.69. The van der Waals surface area contributed by atoms with E-state index < -0.39 is 11.0 Å². The van der Waals surface area contributed by atoms with Crippen LogP contribution in [0.15, 0.2) is 0 Å². The third kappa shape index (κ3) is 3.73. The van der Waals surface area contributed by atoms with Crippen LogP contribution in [0.2, 0.25) is 0 Å². The van der Waals surface area contributed by atoms with Crippen LogP contribution in [0.1, 0.15) is 46.0 Å². The maximum absolute atomic E-state index is 11.9. The molecule has 5 heteroatoms. The van der Waals surface area contributed by atoms with Gasteiger partial charge in [-0.15, -0.1) is 0 Å². The van der Waals surface area contributed by atoms with E-state index in [1.165, 1.54) is 7.11 Å². The maximum atomic E-state index is 11.9. The lowest BCUT2D eigenvalue weighted by Crippen LogP contribution is -2.53. The molecule has 0 spiro atoms. The molecular formula is C13H20N2O3. The monoisotopic (exact) mass is 252 g/mol. The van der Waals surface area contributed by atoms with Crippen LogP contribution in [-0.4, -0.2) is 24.5 Å². The largest absolute Gasteiger partial charge is 0.469 e. The molecule has 0 radical (unpaired) electrons. The van der Waals surface area contributed by atoms with Gasteiger partial charge in [-0.05, 0) is 24.7 Å². The molecule has 1 N–H and O–H groups in total. The molecule has 18 heavy (non-hydrogen) atoms. The standard InChI is InChI=1S/C13H20N2O3/c1-12(2,8-11(17)18-3)7-10(16)15-13(9-14)5-4-6-13/h4-8H2,1-3H3,(H,15,16). The molecule has 0 atom stereocenters. The fourth-order valence-corrected chi connectivity index (χ4v) is 2.07. The SMILES string of the molecule is COC(=O)CC(C)(C)CC(=O)NC1(C#N)CCC1. The molecule has 0 unspecified atom stereocenters. The number of carbonyl (C=O) groups is 2. The van der Waals surface area contributed by atoms with Gasteiger partial charge in [0.25, 0.3) is 0 Å². The van der Waals surface area contributed by atoms with Crippen molar-refractivity contribution in [1.82, 2.24) is 5.32 Å². The topological polar surface area (TPSA) is 79.2 Å². The molecule has 0 bridgehead atoms. The van der Waals surface area contributed by atoms with Crippen molar-refractivity contribution in [2.75, 3.05) is 7.11 Å². The Hall–Kier alpha value is -1.57. The van der Waals surface area contributed by atoms with E-state index >= 15 is 0 Å². The Balaban J connectivity index is 2.49. The van der Waals surface area contributed by atoms with Gasteiger partial charge in [-0.1, -0.05) is 13.8 Å². The number of nitriles is 1. The van der Waals surface area contributed by atoms with Crippen LogP contribution in [0.5, 0.6) is 0 Å². The third-order valence-electron chi connectivity index (χ3n) is 3.29. The van der Waals surface area contributed by atoms with Gasteiger partial charge in [0.15, 0.2) is 0 Å². The van der Waals surface area contributed by atoms with E-state index in [-0.39, 0.29) is 24.7 Å². The zero-order valence-electron chi connectivity index (χ0n) is 11.2. The van der Waals surface area contributed by atoms with Crippen molar-refractivity contribution in [3.63, 3.8) is 0 Å². The molecular weight excluding hydrogens is 232 g/mol. The number of hydrogen-bond donors (Lipinski definition) is 1. The van der Waals surface area contributed by atoms with E-state index in [9.17, 15) is 9.59 Å². The Morgan fingerprint density at radius 2 is 2.00 bits per heavy atom. The molecule has 0 heterocycles. The van der Waals surface area contributed by atoms with E-state index in [1.807, 2.05) is 13.8 Å². The van der Waals surface area contributed by atoms with E-state index in [2.05, 4.69) is 16.1 Å². The first-order valence-corrected chi connectivity index (χ1v) is 6.12. The zero-order chi connectivity index (χ0) is 13.8. The Morgan fingerprint density at radius 3 is 2.39 bits per heavy atom. The third-order valence-corrected chi connectivity index (χ3v) is 3.29. The fourth-order valence-electron chi connectivity index (χ4n) is 2.07. The highest BCUT2D eigenvalue weighted by molar-refractivity contribution is 5.79. The maximum Gasteiger partial charge on any atom is 0.306 e. The van der Waals surface area contributed by atoms with Crippen LogP contribution < -0.4 is 5.32 Å². The van der Waals surface area contributed by atoms with Crippen molar-refractivity contribution in [3.05, 3.63) is 0 Å². The van der Waals surface area contributed by atoms with Crippen molar-refractivity contribution in [2.24, 2.45) is 5.41 Å². The highest BCUT2D eigenvalue weighted by Crippen LogP contribution is 2.32. The lowest BCUT2D eigenvalue weighted by molar-refractivity contribution is -0.143. The number of nitrogens with one attached hydrogen (secondary N) is 1. The van der Waals surface area contributed by atoms with Gasteiger partial charge in [0.1, 0.15) is 5.54 Å². The number of amides is 1. The van der Waals surface area contributed by atoms with Crippen LogP contribution >= 0.6 is 0 Å². The quantitative estimate of drug-likeness (QED) is 0.752. The first kappa shape index (κ1) is 14.5. The summed E-state index contributed by atoms with van der Waals surface area (Å²) in [5.41, 5.74) is -1.13. The van der Waals surface area contributed by atoms with E-state index in [1.54, 1.807) is 0 Å². The van der Waals surface area contributed by atoms with Gasteiger partial charge in [0, 0.05) is 6.42 Å². The van der Waals surface area contributed by atoms with Crippen LogP contribution in [0, 0.1) is 16.7 Å². The highest BCUT2D eigenvalue weighted by Gasteiger charge is 2.39. The van der Waals surface area contributed by atoms with Crippen molar-refractivity contribution < 1.29 is 14.3 Å². The van der Waals surface area contributed by atoms with Crippen molar-refractivity contribution in [3.8, 4) is 6.07 Å². The normalized spacial score (nSPS) is 17.2. The highest BCUT2D eigenvalue weighted by atomic mass is 16.5. The number of methoxy groups -OCH3 is 1. The molecule has 0 aromatic rings. The summed E-state index contributed by atoms with van der Waals surface area (Å²) in [6, 6.07) is 2.16. The first-order valence-electron chi connectivity index (χ1n) is 6.12. The lowest BCUT2D eigenvalue weighted by Gasteiger charge is -2.36. The lowest BCUT2D eigenvalue weighted by atomic mass is 9.77. The molecule has 1 aliphatic carbocycles. The smallest absolute Gasteiger partial charge is 0.306 e. The minimum absolute atomic E-state index is 0.176. The van der Waals surface area contributed by atoms with Gasteiger partial charge in [-0.25, -0.2) is 0 Å². The number of hydrogen-bond acceptors (Lipinski definition) is 4. The van der Waals surface area contributed by atoms with E-state index in [0.717, 1.165) is 6.42 Å². The number of ether oxygens (including phenoxy) is 1. The van der Waals surface area contributed by atoms with Crippen LogP contribution in [0.3, 0.4) is 0 Å². The molecule has 1 rings (SSSR count). The van der Waals surface area contributed by atoms with Gasteiger partial charge < -0.3 is 10.1 Å². The predicted molar refractivity (Wildman–Crippen MR) is 65.4 cm³/mol. The van der Waals surface area contributed by atoms with Crippen LogP contribution in [0.25, 0.3) is 0 Å². The fraction of sp³-hybridized carbons (Fsp3) is 0.769. The van der Waals surface area contributed by atoms with Gasteiger partial charge >= 0.3 is 5.97 Å². The molecule has 5 nitrogen and oxygen atoms in total. The van der Waals surface area contributed by atoms with Gasteiger partial charge in [0.2, 0.25) is 5.91 Å². The van der Waals surface area contributed by atoms with Gasteiger partial charge in [-0.3, -0.25) is 9.59 Å². The second kappa shape index (κ2) is 5.38. The molecule has 1 amide bonds. The summed E-state index contributed by atoms with van der Waals surface area (Å²) in [6.07, 6.45) is 2.81. The Labute approximate surface area is 107 Å². The van der Waals surface area contributed by atoms with Gasteiger partial charge in [0.05, 0.1) is 19.6 Å². The summed E-state index contributed by atoms with van der Waals surface area (Å²) in [5, 5.41) is 11.8. The summed E-state index contributed by atoms with van der Waals surface area (Å²) in [4.78, 5) is 23.1. The minimum Gasteiger partial charge on any atom is -0.469 e. The van der Waals surface area contributed by atoms with Crippen molar-refractivity contribution >= 4 is 11.9 Å². The summed E-state index contributed by atoms with van der Waals surface area (Å²) in [7, 11) is 1.33. The summed E-state index contributed by atoms with van der Waals surface area (Å²) in [6.45, 7) is 3.67. The van der Waals surface area contributed by atoms with Gasteiger partial charge in [-0.2, -0.15) is 5.26 Å². The van der Waals surface area contributed by atoms with E-state index in [4.69, 9.17) is 5.26 Å². The number of rotatable bonds is 5. The average molecular weight is 252 g/mol. The Bertz CT molecular complexity index is 378. The van der Waals surface area contributed by atoms with Crippen molar-refractivity contribution in [1.29, 1.82) is 5.26 Å². The Morgan fingerprint density at radius 1 is 1.39 bits per heavy atom. The first-order chi connectivity index (χ1) is 8.32. The summed E-state index contributed by atoms with van der Waals surface area (Å²) in [5.74, 6) is -0.503. The molecule has 0 aromatic carbocycles. The van der Waals surface area contributed by atoms with Crippen LogP contribution in [-0.2, 0) is 14.3 Å². The molecule has 0 saturated heterocycles. The molecule has 0 aromatic heterocycles. The number of esters is 1. The minimum atomic E-state index is -0.668. The van der Waals surface area contributed by atoms with Crippen LogP contribution in [0.4, 0.5) is 0 Å². The zero-order valence-corrected chi connectivity index (χ0v) is 11.2. The second-order valence-corrected chi connectivity index (χ2v) is 5.69. The number of carbonyl (C=O) groups excluding carboxylic acids is 2.